The maximum absolute atomic E-state index is 5.28. The summed E-state index contributed by atoms with van der Waals surface area (Å²) in [6.45, 7) is 4.38. The van der Waals surface area contributed by atoms with Crippen LogP contribution in [0.1, 0.15) is 19.8 Å². The predicted molar refractivity (Wildman–Crippen MR) is 51.3 cm³/mol. The second kappa shape index (κ2) is 3.75. The smallest absolute Gasteiger partial charge is 0.0530 e. The summed E-state index contributed by atoms with van der Waals surface area (Å²) in [7, 11) is 6.07. The average Bonchev–Trinajstić information content (AvgIpc) is 2.65. The Bertz CT molecular complexity index is 143. The van der Waals surface area contributed by atoms with E-state index in [4.69, 9.17) is 4.74 Å². The van der Waals surface area contributed by atoms with E-state index >= 15 is 0 Å². The summed E-state index contributed by atoms with van der Waals surface area (Å²) in [5, 5.41) is 0. The van der Waals surface area contributed by atoms with Gasteiger partial charge in [0, 0.05) is 19.1 Å². The van der Waals surface area contributed by atoms with Gasteiger partial charge in [0.1, 0.15) is 0 Å². The monoisotopic (exact) mass is 171 g/mol. The zero-order valence-corrected chi connectivity index (χ0v) is 8.76. The molecule has 1 fully saturated rings. The Morgan fingerprint density at radius 3 is 2.33 bits per heavy atom. The first kappa shape index (κ1) is 10.0. The van der Waals surface area contributed by atoms with Crippen LogP contribution in [0.15, 0.2) is 0 Å². The van der Waals surface area contributed by atoms with Crippen LogP contribution in [-0.4, -0.2) is 39.3 Å². The molecule has 0 aromatic rings. The first-order valence-corrected chi connectivity index (χ1v) is 4.72. The topological polar surface area (TPSA) is 12.5 Å². The van der Waals surface area contributed by atoms with Crippen LogP contribution in [0.2, 0.25) is 0 Å². The Balaban J connectivity index is 2.45. The van der Waals surface area contributed by atoms with Crippen molar-refractivity contribution >= 4 is 0 Å². The van der Waals surface area contributed by atoms with E-state index in [1.165, 1.54) is 12.8 Å². The maximum atomic E-state index is 5.28. The molecule has 0 amide bonds. The Labute approximate surface area is 75.9 Å². The summed E-state index contributed by atoms with van der Waals surface area (Å²) in [5.74, 6) is 0.903. The van der Waals surface area contributed by atoms with Crippen molar-refractivity contribution in [1.82, 2.24) is 4.90 Å². The van der Waals surface area contributed by atoms with Crippen molar-refractivity contribution in [3.63, 3.8) is 0 Å². The molecule has 0 radical (unpaired) electrons. The van der Waals surface area contributed by atoms with E-state index in [1.54, 1.807) is 7.11 Å². The average molecular weight is 171 g/mol. The van der Waals surface area contributed by atoms with Crippen LogP contribution in [0.5, 0.6) is 0 Å². The van der Waals surface area contributed by atoms with Crippen LogP contribution in [0.3, 0.4) is 0 Å². The molecule has 1 rings (SSSR count). The summed E-state index contributed by atoms with van der Waals surface area (Å²) in [6.07, 6.45) is 2.79. The minimum absolute atomic E-state index is 0.387. The van der Waals surface area contributed by atoms with Crippen LogP contribution >= 0.6 is 0 Å². The number of hydrogen-bond donors (Lipinski definition) is 0. The third-order valence-electron chi connectivity index (χ3n) is 2.71. The van der Waals surface area contributed by atoms with E-state index in [1.807, 2.05) is 0 Å². The Morgan fingerprint density at radius 1 is 1.42 bits per heavy atom. The summed E-state index contributed by atoms with van der Waals surface area (Å²) in [4.78, 5) is 2.26. The highest BCUT2D eigenvalue weighted by atomic mass is 16.5. The second-order valence-electron chi connectivity index (χ2n) is 4.60. The zero-order chi connectivity index (χ0) is 9.19. The van der Waals surface area contributed by atoms with Gasteiger partial charge < -0.3 is 9.64 Å². The van der Waals surface area contributed by atoms with Gasteiger partial charge in [-0.05, 0) is 32.9 Å². The van der Waals surface area contributed by atoms with Gasteiger partial charge in [-0.2, -0.15) is 0 Å². The minimum Gasteiger partial charge on any atom is -0.384 e. The highest BCUT2D eigenvalue weighted by Gasteiger charge is 2.41. The van der Waals surface area contributed by atoms with E-state index in [0.29, 0.717) is 5.41 Å². The SMILES string of the molecule is COCC(C)(CN(C)C)C1CC1. The lowest BCUT2D eigenvalue weighted by Crippen LogP contribution is -2.36. The Morgan fingerprint density at radius 2 is 2.00 bits per heavy atom. The molecular formula is C10H21NO. The third-order valence-corrected chi connectivity index (χ3v) is 2.71. The van der Waals surface area contributed by atoms with Gasteiger partial charge in [-0.3, -0.25) is 0 Å². The minimum atomic E-state index is 0.387. The van der Waals surface area contributed by atoms with Gasteiger partial charge in [-0.15, -0.1) is 0 Å². The van der Waals surface area contributed by atoms with Gasteiger partial charge in [-0.25, -0.2) is 0 Å². The van der Waals surface area contributed by atoms with Gasteiger partial charge in [0.15, 0.2) is 0 Å². The quantitative estimate of drug-likeness (QED) is 0.623. The standard InChI is InChI=1S/C10H21NO/c1-10(8-12-4,7-11(2)3)9-5-6-9/h9H,5-8H2,1-4H3. The third kappa shape index (κ3) is 2.46. The number of rotatable bonds is 5. The summed E-state index contributed by atoms with van der Waals surface area (Å²) >= 11 is 0. The molecule has 1 saturated carbocycles. The van der Waals surface area contributed by atoms with Gasteiger partial charge >= 0.3 is 0 Å². The van der Waals surface area contributed by atoms with Gasteiger partial charge in [-0.1, -0.05) is 6.92 Å². The van der Waals surface area contributed by atoms with Crippen molar-refractivity contribution in [2.75, 3.05) is 34.4 Å². The molecule has 0 aromatic carbocycles. The highest BCUT2D eigenvalue weighted by molar-refractivity contribution is 4.92. The summed E-state index contributed by atoms with van der Waals surface area (Å²) in [5.41, 5.74) is 0.387. The van der Waals surface area contributed by atoms with Gasteiger partial charge in [0.05, 0.1) is 6.61 Å². The molecule has 0 aliphatic heterocycles. The number of ether oxygens (including phenoxy) is 1. The molecule has 0 saturated heterocycles. The molecule has 0 N–H and O–H groups in total. The van der Waals surface area contributed by atoms with Crippen molar-refractivity contribution in [3.05, 3.63) is 0 Å². The van der Waals surface area contributed by atoms with Crippen LogP contribution in [0.25, 0.3) is 0 Å². The van der Waals surface area contributed by atoms with E-state index < -0.39 is 0 Å². The van der Waals surface area contributed by atoms with Crippen LogP contribution in [-0.2, 0) is 4.74 Å². The molecule has 1 aliphatic carbocycles. The first-order valence-electron chi connectivity index (χ1n) is 4.72. The lowest BCUT2D eigenvalue weighted by Gasteiger charge is -2.31. The van der Waals surface area contributed by atoms with Crippen LogP contribution in [0.4, 0.5) is 0 Å². The normalized spacial score (nSPS) is 22.8. The molecule has 0 heterocycles. The predicted octanol–water partition coefficient (Wildman–Crippen LogP) is 1.61. The maximum Gasteiger partial charge on any atom is 0.0530 e. The Kier molecular flexibility index (Phi) is 3.13. The van der Waals surface area contributed by atoms with E-state index in [-0.39, 0.29) is 0 Å². The molecule has 0 spiro atoms. The molecule has 0 bridgehead atoms. The van der Waals surface area contributed by atoms with Gasteiger partial charge in [0.2, 0.25) is 0 Å². The highest BCUT2D eigenvalue weighted by Crippen LogP contribution is 2.45. The molecule has 1 atom stereocenters. The fourth-order valence-corrected chi connectivity index (χ4v) is 2.12. The molecule has 2 heteroatoms. The second-order valence-corrected chi connectivity index (χ2v) is 4.60. The molecule has 12 heavy (non-hydrogen) atoms. The van der Waals surface area contributed by atoms with Crippen molar-refractivity contribution in [2.45, 2.75) is 19.8 Å². The fraction of sp³-hybridized carbons (Fsp3) is 1.00. The number of nitrogens with zero attached hydrogens (tertiary/aromatic N) is 1. The zero-order valence-electron chi connectivity index (χ0n) is 8.76. The number of methoxy groups -OCH3 is 1. The molecular weight excluding hydrogens is 150 g/mol. The van der Waals surface area contributed by atoms with Crippen LogP contribution in [0, 0.1) is 11.3 Å². The van der Waals surface area contributed by atoms with E-state index in [9.17, 15) is 0 Å². The van der Waals surface area contributed by atoms with Crippen molar-refractivity contribution in [2.24, 2.45) is 11.3 Å². The van der Waals surface area contributed by atoms with Crippen molar-refractivity contribution in [3.8, 4) is 0 Å². The van der Waals surface area contributed by atoms with Crippen molar-refractivity contribution < 1.29 is 4.74 Å². The molecule has 1 unspecified atom stereocenters. The molecule has 72 valence electrons. The molecule has 2 nitrogen and oxygen atoms in total. The first-order chi connectivity index (χ1) is 5.58. The number of hydrogen-bond acceptors (Lipinski definition) is 2. The summed E-state index contributed by atoms with van der Waals surface area (Å²) < 4.78 is 5.28. The van der Waals surface area contributed by atoms with E-state index in [0.717, 1.165) is 19.1 Å². The molecule has 0 aromatic heterocycles. The lowest BCUT2D eigenvalue weighted by atomic mass is 9.85. The summed E-state index contributed by atoms with van der Waals surface area (Å²) in [6, 6.07) is 0. The largest absolute Gasteiger partial charge is 0.384 e. The van der Waals surface area contributed by atoms with Crippen molar-refractivity contribution in [1.29, 1.82) is 0 Å². The van der Waals surface area contributed by atoms with Gasteiger partial charge in [0.25, 0.3) is 0 Å². The Hall–Kier alpha value is -0.0800. The lowest BCUT2D eigenvalue weighted by molar-refractivity contribution is 0.0543. The van der Waals surface area contributed by atoms with Crippen LogP contribution < -0.4 is 0 Å². The molecule has 1 aliphatic rings. The van der Waals surface area contributed by atoms with E-state index in [2.05, 4.69) is 25.9 Å². The fourth-order valence-electron chi connectivity index (χ4n) is 2.12.